The second-order valence-corrected chi connectivity index (χ2v) is 8.42. The number of carbonyl (C=O) groups is 1. The topological polar surface area (TPSA) is 32.3 Å². The Morgan fingerprint density at radius 3 is 2.07 bits per heavy atom. The monoisotopic (exact) mass is 376 g/mol. The van der Waals surface area contributed by atoms with Gasteiger partial charge in [-0.25, -0.2) is 0 Å². The van der Waals surface area contributed by atoms with Crippen molar-refractivity contribution in [3.8, 4) is 0 Å². The summed E-state index contributed by atoms with van der Waals surface area (Å²) in [4.78, 5) is 15.9. The Hall–Kier alpha value is -2.13. The van der Waals surface area contributed by atoms with Crippen molar-refractivity contribution in [2.24, 2.45) is 5.92 Å². The first-order valence-electron chi connectivity index (χ1n) is 10.9. The Balaban J connectivity index is 1.62. The van der Waals surface area contributed by atoms with E-state index in [0.29, 0.717) is 18.0 Å². The van der Waals surface area contributed by atoms with Gasteiger partial charge in [-0.3, -0.25) is 4.79 Å². The standard InChI is InChI=1S/C25H32N2O/c1-27(23-17-9-8-15-21(23)22-16-10-18-26-22)25(28)24(19-11-4-2-5-12-19)20-13-6-3-7-14-20/h2-7,11-14,21-24,26H,8-10,15-18H2,1H3. The molecule has 3 unspecified atom stereocenters. The molecule has 1 amide bonds. The van der Waals surface area contributed by atoms with E-state index in [2.05, 4.69) is 34.5 Å². The highest BCUT2D eigenvalue weighted by molar-refractivity contribution is 5.87. The summed E-state index contributed by atoms with van der Waals surface area (Å²) < 4.78 is 0. The zero-order valence-electron chi connectivity index (χ0n) is 16.9. The lowest BCUT2D eigenvalue weighted by Gasteiger charge is -2.42. The first kappa shape index (κ1) is 19.2. The third-order valence-corrected chi connectivity index (χ3v) is 6.75. The van der Waals surface area contributed by atoms with Gasteiger partial charge in [0.05, 0.1) is 5.92 Å². The fraction of sp³-hybridized carbons (Fsp3) is 0.480. The summed E-state index contributed by atoms with van der Waals surface area (Å²) in [6, 6.07) is 21.4. The van der Waals surface area contributed by atoms with Crippen LogP contribution < -0.4 is 5.32 Å². The number of hydrogen-bond donors (Lipinski definition) is 1. The van der Waals surface area contributed by atoms with E-state index in [-0.39, 0.29) is 11.8 Å². The van der Waals surface area contributed by atoms with Crippen molar-refractivity contribution in [2.75, 3.05) is 13.6 Å². The van der Waals surface area contributed by atoms with Crippen LogP contribution in [0, 0.1) is 5.92 Å². The van der Waals surface area contributed by atoms with Gasteiger partial charge in [0.1, 0.15) is 0 Å². The van der Waals surface area contributed by atoms with Gasteiger partial charge in [-0.05, 0) is 49.3 Å². The van der Waals surface area contributed by atoms with E-state index in [9.17, 15) is 4.79 Å². The molecule has 4 rings (SSSR count). The van der Waals surface area contributed by atoms with Gasteiger partial charge >= 0.3 is 0 Å². The molecule has 3 atom stereocenters. The second-order valence-electron chi connectivity index (χ2n) is 8.42. The van der Waals surface area contributed by atoms with E-state index in [1.54, 1.807) is 0 Å². The molecule has 28 heavy (non-hydrogen) atoms. The first-order chi connectivity index (χ1) is 13.8. The third kappa shape index (κ3) is 4.00. The summed E-state index contributed by atoms with van der Waals surface area (Å²) in [5, 5.41) is 3.70. The number of benzene rings is 2. The average Bonchev–Trinajstić information content (AvgIpc) is 3.30. The van der Waals surface area contributed by atoms with Crippen molar-refractivity contribution in [1.82, 2.24) is 10.2 Å². The van der Waals surface area contributed by atoms with Crippen LogP contribution in [0.2, 0.25) is 0 Å². The van der Waals surface area contributed by atoms with Gasteiger partial charge in [0, 0.05) is 19.1 Å². The van der Waals surface area contributed by atoms with Crippen molar-refractivity contribution in [1.29, 1.82) is 0 Å². The maximum Gasteiger partial charge on any atom is 0.234 e. The molecule has 1 N–H and O–H groups in total. The summed E-state index contributed by atoms with van der Waals surface area (Å²) >= 11 is 0. The molecule has 0 spiro atoms. The van der Waals surface area contributed by atoms with Crippen LogP contribution >= 0.6 is 0 Å². The van der Waals surface area contributed by atoms with Crippen LogP contribution in [0.25, 0.3) is 0 Å². The molecule has 3 nitrogen and oxygen atoms in total. The van der Waals surface area contributed by atoms with Crippen LogP contribution in [0.3, 0.4) is 0 Å². The highest BCUT2D eigenvalue weighted by atomic mass is 16.2. The van der Waals surface area contributed by atoms with Crippen LogP contribution in [0.4, 0.5) is 0 Å². The van der Waals surface area contributed by atoms with Gasteiger partial charge in [-0.1, -0.05) is 73.5 Å². The molecule has 0 aromatic heterocycles. The van der Waals surface area contributed by atoms with Gasteiger partial charge in [-0.15, -0.1) is 0 Å². The third-order valence-electron chi connectivity index (χ3n) is 6.75. The van der Waals surface area contributed by atoms with Crippen molar-refractivity contribution in [2.45, 2.75) is 56.5 Å². The zero-order chi connectivity index (χ0) is 19.3. The minimum absolute atomic E-state index is 0.229. The van der Waals surface area contributed by atoms with E-state index >= 15 is 0 Å². The van der Waals surface area contributed by atoms with Crippen LogP contribution in [0.15, 0.2) is 60.7 Å². The van der Waals surface area contributed by atoms with Crippen molar-refractivity contribution in [3.05, 3.63) is 71.8 Å². The van der Waals surface area contributed by atoms with E-state index in [1.165, 1.54) is 32.1 Å². The van der Waals surface area contributed by atoms with Crippen LogP contribution in [0.5, 0.6) is 0 Å². The summed E-state index contributed by atoms with van der Waals surface area (Å²) in [6.07, 6.45) is 7.41. The highest BCUT2D eigenvalue weighted by Gasteiger charge is 2.38. The number of likely N-dealkylation sites (N-methyl/N-ethyl adjacent to an activating group) is 1. The van der Waals surface area contributed by atoms with Crippen molar-refractivity contribution >= 4 is 5.91 Å². The predicted molar refractivity (Wildman–Crippen MR) is 114 cm³/mol. The molecule has 1 saturated carbocycles. The molecule has 2 fully saturated rings. The van der Waals surface area contributed by atoms with Gasteiger partial charge in [0.15, 0.2) is 0 Å². The number of rotatable bonds is 5. The summed E-state index contributed by atoms with van der Waals surface area (Å²) in [6.45, 7) is 1.13. The van der Waals surface area contributed by atoms with Crippen LogP contribution in [-0.2, 0) is 4.79 Å². The van der Waals surface area contributed by atoms with Crippen LogP contribution in [0.1, 0.15) is 55.6 Å². The second kappa shape index (κ2) is 8.91. The minimum Gasteiger partial charge on any atom is -0.342 e. The maximum atomic E-state index is 13.8. The SMILES string of the molecule is CN(C(=O)C(c1ccccc1)c1ccccc1)C1CCCCC1C1CCCN1. The Morgan fingerprint density at radius 2 is 1.50 bits per heavy atom. The number of carbonyl (C=O) groups excluding carboxylic acids is 1. The molecule has 2 aromatic rings. The molecule has 1 saturated heterocycles. The summed E-state index contributed by atoms with van der Waals surface area (Å²) in [5.41, 5.74) is 2.16. The normalized spacial score (nSPS) is 25.0. The number of nitrogens with zero attached hydrogens (tertiary/aromatic N) is 1. The molecule has 1 aliphatic carbocycles. The molecule has 1 aliphatic heterocycles. The number of nitrogens with one attached hydrogen (secondary N) is 1. The highest BCUT2D eigenvalue weighted by Crippen LogP contribution is 2.35. The molecule has 148 valence electrons. The molecule has 0 bridgehead atoms. The van der Waals surface area contributed by atoms with Crippen molar-refractivity contribution < 1.29 is 4.79 Å². The lowest BCUT2D eigenvalue weighted by atomic mass is 9.78. The lowest BCUT2D eigenvalue weighted by Crippen LogP contribution is -2.50. The molecule has 2 aromatic carbocycles. The van der Waals surface area contributed by atoms with E-state index in [1.807, 2.05) is 43.4 Å². The molecule has 3 heteroatoms. The Bertz CT molecular complexity index is 715. The lowest BCUT2D eigenvalue weighted by molar-refractivity contribution is -0.134. The van der Waals surface area contributed by atoms with Gasteiger partial charge < -0.3 is 10.2 Å². The largest absolute Gasteiger partial charge is 0.342 e. The molecule has 1 heterocycles. The zero-order valence-corrected chi connectivity index (χ0v) is 16.9. The van der Waals surface area contributed by atoms with E-state index in [4.69, 9.17) is 0 Å². The first-order valence-corrected chi connectivity index (χ1v) is 10.9. The Morgan fingerprint density at radius 1 is 0.893 bits per heavy atom. The summed E-state index contributed by atoms with van der Waals surface area (Å²) in [7, 11) is 2.04. The number of amides is 1. The van der Waals surface area contributed by atoms with Gasteiger partial charge in [0.2, 0.25) is 5.91 Å². The maximum absolute atomic E-state index is 13.8. The number of hydrogen-bond acceptors (Lipinski definition) is 2. The molecular weight excluding hydrogens is 344 g/mol. The molecular formula is C25H32N2O. The Labute approximate surface area is 169 Å². The van der Waals surface area contributed by atoms with Crippen LogP contribution in [-0.4, -0.2) is 36.5 Å². The van der Waals surface area contributed by atoms with E-state index < -0.39 is 0 Å². The minimum atomic E-state index is -0.230. The van der Waals surface area contributed by atoms with E-state index in [0.717, 1.165) is 24.1 Å². The Kier molecular flexibility index (Phi) is 6.11. The molecule has 0 radical (unpaired) electrons. The fourth-order valence-corrected chi connectivity index (χ4v) is 5.30. The molecule has 2 aliphatic rings. The quantitative estimate of drug-likeness (QED) is 0.828. The summed E-state index contributed by atoms with van der Waals surface area (Å²) in [5.74, 6) is 0.580. The average molecular weight is 377 g/mol. The van der Waals surface area contributed by atoms with Crippen molar-refractivity contribution in [3.63, 3.8) is 0 Å². The van der Waals surface area contributed by atoms with Gasteiger partial charge in [-0.2, -0.15) is 0 Å². The van der Waals surface area contributed by atoms with Gasteiger partial charge in [0.25, 0.3) is 0 Å². The smallest absolute Gasteiger partial charge is 0.234 e. The predicted octanol–water partition coefficient (Wildman–Crippen LogP) is 4.59. The fourth-order valence-electron chi connectivity index (χ4n) is 5.30.